The lowest BCUT2D eigenvalue weighted by Gasteiger charge is -2.47. The van der Waals surface area contributed by atoms with E-state index in [9.17, 15) is 5.11 Å². The Balaban J connectivity index is 2.26. The molecule has 0 radical (unpaired) electrons. The van der Waals surface area contributed by atoms with E-state index in [4.69, 9.17) is 0 Å². The molecule has 2 heteroatoms. The second-order valence-electron chi connectivity index (χ2n) is 5.33. The number of hydrogen-bond donors (Lipinski definition) is 1. The van der Waals surface area contributed by atoms with Crippen molar-refractivity contribution in [1.29, 1.82) is 0 Å². The van der Waals surface area contributed by atoms with Gasteiger partial charge in [0.25, 0.3) is 0 Å². The average molecular weight is 233 g/mol. The minimum absolute atomic E-state index is 0.279. The summed E-state index contributed by atoms with van der Waals surface area (Å²) < 4.78 is 0. The molecule has 0 amide bonds. The predicted octanol–water partition coefficient (Wildman–Crippen LogP) is 2.62. The fourth-order valence-electron chi connectivity index (χ4n) is 3.03. The first-order chi connectivity index (χ1) is 8.08. The monoisotopic (exact) mass is 233 g/mol. The molecule has 0 aliphatic carbocycles. The number of nitrogens with zero attached hydrogens (tertiary/aromatic N) is 1. The third-order valence-corrected chi connectivity index (χ3v) is 4.23. The van der Waals surface area contributed by atoms with Gasteiger partial charge in [-0.1, -0.05) is 44.2 Å². The van der Waals surface area contributed by atoms with Crippen molar-refractivity contribution in [2.75, 3.05) is 13.1 Å². The Labute approximate surface area is 104 Å². The molecule has 1 aliphatic heterocycles. The zero-order valence-corrected chi connectivity index (χ0v) is 11.1. The van der Waals surface area contributed by atoms with Gasteiger partial charge in [0.15, 0.2) is 0 Å². The lowest BCUT2D eigenvalue weighted by Crippen LogP contribution is -2.52. The van der Waals surface area contributed by atoms with Crippen LogP contribution in [-0.4, -0.2) is 29.1 Å². The van der Waals surface area contributed by atoms with E-state index in [2.05, 4.69) is 25.7 Å². The first-order valence-electron chi connectivity index (χ1n) is 6.60. The summed E-state index contributed by atoms with van der Waals surface area (Å²) in [6, 6.07) is 10.6. The maximum Gasteiger partial charge on any atom is 0.0948 e. The minimum Gasteiger partial charge on any atom is -0.385 e. The van der Waals surface area contributed by atoms with E-state index in [-0.39, 0.29) is 5.92 Å². The van der Waals surface area contributed by atoms with Gasteiger partial charge in [-0.05, 0) is 25.5 Å². The number of rotatable bonds is 2. The summed E-state index contributed by atoms with van der Waals surface area (Å²) in [5.74, 6) is 0.279. The molecule has 0 aromatic heterocycles. The first-order valence-corrected chi connectivity index (χ1v) is 6.60. The van der Waals surface area contributed by atoms with E-state index in [1.165, 1.54) is 0 Å². The molecule has 1 N–H and O–H groups in total. The van der Waals surface area contributed by atoms with Crippen LogP contribution in [0.15, 0.2) is 30.3 Å². The smallest absolute Gasteiger partial charge is 0.0948 e. The molecule has 0 saturated carbocycles. The molecule has 1 aromatic rings. The van der Waals surface area contributed by atoms with Crippen LogP contribution in [0.5, 0.6) is 0 Å². The van der Waals surface area contributed by atoms with E-state index in [1.807, 2.05) is 30.3 Å². The molecule has 17 heavy (non-hydrogen) atoms. The molecular formula is C15H23NO. The van der Waals surface area contributed by atoms with Gasteiger partial charge in [0.2, 0.25) is 0 Å². The highest BCUT2D eigenvalue weighted by Crippen LogP contribution is 2.39. The zero-order valence-electron chi connectivity index (χ0n) is 11.1. The highest BCUT2D eigenvalue weighted by Gasteiger charge is 2.42. The van der Waals surface area contributed by atoms with E-state index in [1.54, 1.807) is 0 Å². The van der Waals surface area contributed by atoms with E-state index in [0.29, 0.717) is 6.04 Å². The summed E-state index contributed by atoms with van der Waals surface area (Å²) in [5, 5.41) is 11.0. The third-order valence-electron chi connectivity index (χ3n) is 4.23. The van der Waals surface area contributed by atoms with Gasteiger partial charge in [0.05, 0.1) is 5.60 Å². The van der Waals surface area contributed by atoms with Crippen LogP contribution < -0.4 is 0 Å². The average Bonchev–Trinajstić information content (AvgIpc) is 2.35. The number of hydrogen-bond acceptors (Lipinski definition) is 2. The van der Waals surface area contributed by atoms with Crippen molar-refractivity contribution in [3.05, 3.63) is 35.9 Å². The summed E-state index contributed by atoms with van der Waals surface area (Å²) in [4.78, 5) is 2.45. The summed E-state index contributed by atoms with van der Waals surface area (Å²) >= 11 is 0. The second kappa shape index (κ2) is 4.79. The van der Waals surface area contributed by atoms with Gasteiger partial charge in [0.1, 0.15) is 0 Å². The number of aliphatic hydroxyl groups is 1. The van der Waals surface area contributed by atoms with Crippen LogP contribution in [-0.2, 0) is 5.60 Å². The number of piperidine rings is 1. The molecule has 0 unspecified atom stereocenters. The zero-order chi connectivity index (χ0) is 12.5. The fourth-order valence-corrected chi connectivity index (χ4v) is 3.03. The van der Waals surface area contributed by atoms with E-state index in [0.717, 1.165) is 25.1 Å². The molecule has 2 rings (SSSR count). The van der Waals surface area contributed by atoms with Crippen LogP contribution in [0, 0.1) is 5.92 Å². The van der Waals surface area contributed by atoms with Gasteiger partial charge < -0.3 is 10.0 Å². The Morgan fingerprint density at radius 3 is 2.53 bits per heavy atom. The Morgan fingerprint density at radius 2 is 1.94 bits per heavy atom. The fraction of sp³-hybridized carbons (Fsp3) is 0.600. The van der Waals surface area contributed by atoms with Crippen molar-refractivity contribution in [2.45, 2.75) is 38.8 Å². The van der Waals surface area contributed by atoms with Crippen molar-refractivity contribution in [3.63, 3.8) is 0 Å². The minimum atomic E-state index is -0.660. The molecule has 0 spiro atoms. The second-order valence-corrected chi connectivity index (χ2v) is 5.33. The lowest BCUT2D eigenvalue weighted by molar-refractivity contribution is -0.0892. The summed E-state index contributed by atoms with van der Waals surface area (Å²) in [6.07, 6.45) is 0.825. The van der Waals surface area contributed by atoms with Crippen LogP contribution in [0.4, 0.5) is 0 Å². The predicted molar refractivity (Wildman–Crippen MR) is 70.8 cm³/mol. The summed E-state index contributed by atoms with van der Waals surface area (Å²) in [7, 11) is 0. The summed E-state index contributed by atoms with van der Waals surface area (Å²) in [5.41, 5.74) is 0.405. The Hall–Kier alpha value is -0.860. The molecule has 1 aromatic carbocycles. The molecule has 2 nitrogen and oxygen atoms in total. The topological polar surface area (TPSA) is 23.5 Å². The van der Waals surface area contributed by atoms with Crippen molar-refractivity contribution in [2.24, 2.45) is 5.92 Å². The summed E-state index contributed by atoms with van der Waals surface area (Å²) in [6.45, 7) is 8.60. The van der Waals surface area contributed by atoms with Crippen LogP contribution in [0.3, 0.4) is 0 Å². The Morgan fingerprint density at radius 1 is 1.29 bits per heavy atom. The quantitative estimate of drug-likeness (QED) is 0.849. The molecule has 3 atom stereocenters. The largest absolute Gasteiger partial charge is 0.385 e. The third kappa shape index (κ3) is 2.24. The van der Waals surface area contributed by atoms with Crippen LogP contribution >= 0.6 is 0 Å². The molecule has 0 bridgehead atoms. The maximum atomic E-state index is 11.0. The molecule has 1 fully saturated rings. The first kappa shape index (κ1) is 12.6. The number of benzene rings is 1. The normalized spacial score (nSPS) is 34.8. The van der Waals surface area contributed by atoms with Crippen molar-refractivity contribution < 1.29 is 5.11 Å². The van der Waals surface area contributed by atoms with Gasteiger partial charge >= 0.3 is 0 Å². The van der Waals surface area contributed by atoms with Crippen LogP contribution in [0.1, 0.15) is 32.8 Å². The molecule has 94 valence electrons. The highest BCUT2D eigenvalue weighted by molar-refractivity contribution is 5.24. The molecule has 1 saturated heterocycles. The number of likely N-dealkylation sites (tertiary alicyclic amines) is 1. The Kier molecular flexibility index (Phi) is 3.55. The SMILES string of the molecule is CCN1C[C@@H](C)[C@](O)(c2ccccc2)C[C@@H]1C. The molecule has 1 heterocycles. The van der Waals surface area contributed by atoms with Gasteiger partial charge in [0, 0.05) is 18.5 Å². The van der Waals surface area contributed by atoms with Gasteiger partial charge in [-0.25, -0.2) is 0 Å². The van der Waals surface area contributed by atoms with Crippen LogP contribution in [0.2, 0.25) is 0 Å². The molecule has 1 aliphatic rings. The van der Waals surface area contributed by atoms with Crippen molar-refractivity contribution in [1.82, 2.24) is 4.90 Å². The van der Waals surface area contributed by atoms with E-state index >= 15 is 0 Å². The Bertz CT molecular complexity index is 364. The van der Waals surface area contributed by atoms with Gasteiger partial charge in [-0.15, -0.1) is 0 Å². The maximum absolute atomic E-state index is 11.0. The van der Waals surface area contributed by atoms with Crippen LogP contribution in [0.25, 0.3) is 0 Å². The highest BCUT2D eigenvalue weighted by atomic mass is 16.3. The molecular weight excluding hydrogens is 210 g/mol. The standard InChI is InChI=1S/C15H23NO/c1-4-16-11-12(2)15(17,10-13(16)3)14-8-6-5-7-9-14/h5-9,12-13,17H,4,10-11H2,1-3H3/t12-,13+,15+/m1/s1. The van der Waals surface area contributed by atoms with E-state index < -0.39 is 5.60 Å². The lowest BCUT2D eigenvalue weighted by atomic mass is 9.74. The van der Waals surface area contributed by atoms with Gasteiger partial charge in [-0.3, -0.25) is 0 Å². The van der Waals surface area contributed by atoms with Crippen molar-refractivity contribution >= 4 is 0 Å². The van der Waals surface area contributed by atoms with Gasteiger partial charge in [-0.2, -0.15) is 0 Å². The van der Waals surface area contributed by atoms with Crippen molar-refractivity contribution in [3.8, 4) is 0 Å².